The van der Waals surface area contributed by atoms with Crippen molar-refractivity contribution in [3.63, 3.8) is 0 Å². The van der Waals surface area contributed by atoms with Crippen LogP contribution in [0.5, 0.6) is 0 Å². The number of hydrogen-bond acceptors (Lipinski definition) is 2. The molecule has 1 fully saturated rings. The van der Waals surface area contributed by atoms with Gasteiger partial charge in [0.25, 0.3) is 0 Å². The van der Waals surface area contributed by atoms with E-state index in [4.69, 9.17) is 4.74 Å². The Kier molecular flexibility index (Phi) is 3.48. The molecule has 1 aromatic carbocycles. The summed E-state index contributed by atoms with van der Waals surface area (Å²) in [6.07, 6.45) is -0.261. The van der Waals surface area contributed by atoms with E-state index in [1.54, 1.807) is 8.98 Å². The van der Waals surface area contributed by atoms with Crippen LogP contribution in [0.2, 0.25) is 0 Å². The number of amides is 1. The molecule has 1 aliphatic rings. The van der Waals surface area contributed by atoms with Crippen LogP contribution in [-0.4, -0.2) is 17.5 Å². The second kappa shape index (κ2) is 4.86. The average molecular weight is 329 g/mol. The van der Waals surface area contributed by atoms with Crippen molar-refractivity contribution in [2.45, 2.75) is 13.5 Å². The predicted octanol–water partition coefficient (Wildman–Crippen LogP) is 3.22. The first-order valence-electron chi connectivity index (χ1n) is 5.00. The molecule has 0 spiro atoms. The minimum Gasteiger partial charge on any atom is -0.412 e. The summed E-state index contributed by atoms with van der Waals surface area (Å²) in [6.45, 7) is 3.22. The number of carbonyl (C=O) groups excluding carboxylic acids is 1. The molecule has 1 aromatic rings. The first kappa shape index (κ1) is 11.4. The van der Waals surface area contributed by atoms with Gasteiger partial charge in [0.1, 0.15) is 5.76 Å². The Hall–Kier alpha value is -1.04. The summed E-state index contributed by atoms with van der Waals surface area (Å²) in [4.78, 5) is 13.2. The lowest BCUT2D eigenvalue weighted by atomic mass is 10.1. The molecular formula is C12H12INO2. The topological polar surface area (TPSA) is 29.5 Å². The van der Waals surface area contributed by atoms with Gasteiger partial charge in [0.05, 0.1) is 6.54 Å². The zero-order valence-corrected chi connectivity index (χ0v) is 11.1. The van der Waals surface area contributed by atoms with Gasteiger partial charge in [-0.2, -0.15) is 0 Å². The Morgan fingerprint density at radius 3 is 2.69 bits per heavy atom. The first-order valence-corrected chi connectivity index (χ1v) is 6.25. The van der Waals surface area contributed by atoms with Gasteiger partial charge in [0, 0.05) is 10.6 Å². The Labute approximate surface area is 108 Å². The average Bonchev–Trinajstić information content (AvgIpc) is 2.63. The fraction of sp³-hybridized carbons (Fsp3) is 0.250. The largest absolute Gasteiger partial charge is 0.415 e. The number of benzene rings is 1. The van der Waals surface area contributed by atoms with Crippen molar-refractivity contribution < 1.29 is 9.53 Å². The van der Waals surface area contributed by atoms with Gasteiger partial charge in [0.2, 0.25) is 0 Å². The Balaban J connectivity index is 2.05. The number of carbonyl (C=O) groups is 1. The molecule has 0 aliphatic carbocycles. The normalized spacial score (nSPS) is 18.0. The van der Waals surface area contributed by atoms with E-state index < -0.39 is 0 Å². The van der Waals surface area contributed by atoms with Crippen LogP contribution in [0, 0.1) is 6.92 Å². The fourth-order valence-corrected chi connectivity index (χ4v) is 1.88. The molecule has 16 heavy (non-hydrogen) atoms. The van der Waals surface area contributed by atoms with Gasteiger partial charge >= 0.3 is 6.09 Å². The number of aryl methyl sites for hydroxylation is 1. The summed E-state index contributed by atoms with van der Waals surface area (Å²) in [5, 5.41) is 0. The molecule has 0 unspecified atom stereocenters. The molecule has 84 valence electrons. The van der Waals surface area contributed by atoms with E-state index in [-0.39, 0.29) is 6.09 Å². The minimum absolute atomic E-state index is 0.261. The van der Waals surface area contributed by atoms with Crippen molar-refractivity contribution in [3.05, 3.63) is 45.2 Å². The highest BCUT2D eigenvalue weighted by Gasteiger charge is 2.26. The Bertz CT molecular complexity index is 425. The smallest absolute Gasteiger partial charge is 0.412 e. The molecule has 3 nitrogen and oxygen atoms in total. The highest BCUT2D eigenvalue weighted by atomic mass is 127. The predicted molar refractivity (Wildman–Crippen MR) is 70.2 cm³/mol. The molecule has 1 amide bonds. The van der Waals surface area contributed by atoms with Crippen LogP contribution in [-0.2, 0) is 11.3 Å². The summed E-state index contributed by atoms with van der Waals surface area (Å²) in [7, 11) is 0. The van der Waals surface area contributed by atoms with Crippen molar-refractivity contribution >= 4 is 28.7 Å². The third kappa shape index (κ3) is 2.55. The van der Waals surface area contributed by atoms with Gasteiger partial charge in [-0.05, 0) is 35.1 Å². The summed E-state index contributed by atoms with van der Waals surface area (Å²) >= 11 is 2.08. The van der Waals surface area contributed by atoms with Crippen LogP contribution < -0.4 is 0 Å². The molecule has 4 heteroatoms. The fourth-order valence-electron chi connectivity index (χ4n) is 1.55. The standard InChI is InChI=1S/C12H12INO2/c1-9-2-4-10(5-3-9)7-14-8-11(6-13)16-12(14)15/h2-6H,7-8H2,1H3/b11-6-. The molecular weight excluding hydrogens is 317 g/mol. The highest BCUT2D eigenvalue weighted by molar-refractivity contribution is 14.1. The van der Waals surface area contributed by atoms with Crippen molar-refractivity contribution in [1.82, 2.24) is 4.90 Å². The van der Waals surface area contributed by atoms with Crippen molar-refractivity contribution in [2.24, 2.45) is 0 Å². The van der Waals surface area contributed by atoms with Crippen LogP contribution in [0.1, 0.15) is 11.1 Å². The van der Waals surface area contributed by atoms with Crippen LogP contribution in [0.4, 0.5) is 4.79 Å². The molecule has 1 heterocycles. The summed E-state index contributed by atoms with van der Waals surface area (Å²) in [5.74, 6) is 0.720. The number of halogens is 1. The van der Waals surface area contributed by atoms with Crippen molar-refractivity contribution in [1.29, 1.82) is 0 Å². The molecule has 1 saturated heterocycles. The summed E-state index contributed by atoms with van der Waals surface area (Å²) in [5.41, 5.74) is 2.35. The third-order valence-electron chi connectivity index (χ3n) is 2.44. The maximum Gasteiger partial charge on any atom is 0.415 e. The van der Waals surface area contributed by atoms with E-state index >= 15 is 0 Å². The molecule has 0 atom stereocenters. The lowest BCUT2D eigenvalue weighted by Crippen LogP contribution is -2.23. The van der Waals surface area contributed by atoms with Gasteiger partial charge < -0.3 is 4.74 Å². The number of hydrogen-bond donors (Lipinski definition) is 0. The minimum atomic E-state index is -0.261. The zero-order chi connectivity index (χ0) is 11.5. The number of nitrogens with zero attached hydrogens (tertiary/aromatic N) is 1. The number of cyclic esters (lactones) is 1. The molecule has 2 rings (SSSR count). The number of ether oxygens (including phenoxy) is 1. The Morgan fingerprint density at radius 2 is 2.12 bits per heavy atom. The van der Waals surface area contributed by atoms with Gasteiger partial charge in [-0.3, -0.25) is 4.90 Å². The molecule has 0 aromatic heterocycles. The number of rotatable bonds is 2. The summed E-state index contributed by atoms with van der Waals surface area (Å²) in [6, 6.07) is 8.17. The van der Waals surface area contributed by atoms with Crippen LogP contribution >= 0.6 is 22.6 Å². The van der Waals surface area contributed by atoms with E-state index in [9.17, 15) is 4.79 Å². The first-order chi connectivity index (χ1) is 7.69. The second-order valence-corrected chi connectivity index (χ2v) is 4.41. The monoisotopic (exact) mass is 329 g/mol. The lowest BCUT2D eigenvalue weighted by Gasteiger charge is -2.11. The Morgan fingerprint density at radius 1 is 1.44 bits per heavy atom. The SMILES string of the molecule is Cc1ccc(CN2C/C(=C/I)OC2=O)cc1. The lowest BCUT2D eigenvalue weighted by molar-refractivity contribution is 0.167. The maximum atomic E-state index is 11.5. The van der Waals surface area contributed by atoms with Crippen LogP contribution in [0.3, 0.4) is 0 Å². The van der Waals surface area contributed by atoms with Gasteiger partial charge in [-0.15, -0.1) is 0 Å². The van der Waals surface area contributed by atoms with E-state index in [2.05, 4.69) is 22.6 Å². The maximum absolute atomic E-state index is 11.5. The highest BCUT2D eigenvalue weighted by Crippen LogP contribution is 2.18. The third-order valence-corrected chi connectivity index (χ3v) is 3.13. The van der Waals surface area contributed by atoms with Gasteiger partial charge in [0.15, 0.2) is 0 Å². The van der Waals surface area contributed by atoms with Gasteiger partial charge in [-0.1, -0.05) is 29.8 Å². The van der Waals surface area contributed by atoms with E-state index in [0.717, 1.165) is 11.3 Å². The van der Waals surface area contributed by atoms with Crippen LogP contribution in [0.15, 0.2) is 34.1 Å². The summed E-state index contributed by atoms with van der Waals surface area (Å²) < 4.78 is 6.86. The van der Waals surface area contributed by atoms with E-state index in [0.29, 0.717) is 13.1 Å². The van der Waals surface area contributed by atoms with E-state index in [1.165, 1.54) is 5.56 Å². The molecule has 0 bridgehead atoms. The molecule has 1 aliphatic heterocycles. The molecule has 0 saturated carbocycles. The van der Waals surface area contributed by atoms with Crippen molar-refractivity contribution in [3.8, 4) is 0 Å². The quantitative estimate of drug-likeness (QED) is 0.780. The van der Waals surface area contributed by atoms with Gasteiger partial charge in [-0.25, -0.2) is 4.79 Å². The van der Waals surface area contributed by atoms with E-state index in [1.807, 2.05) is 31.2 Å². The zero-order valence-electron chi connectivity index (χ0n) is 8.94. The molecule has 0 radical (unpaired) electrons. The molecule has 0 N–H and O–H groups in total. The van der Waals surface area contributed by atoms with Crippen LogP contribution in [0.25, 0.3) is 0 Å². The second-order valence-electron chi connectivity index (χ2n) is 3.79. The van der Waals surface area contributed by atoms with Crippen molar-refractivity contribution in [2.75, 3.05) is 6.54 Å².